The van der Waals surface area contributed by atoms with Gasteiger partial charge in [-0.05, 0) is 31.0 Å². The van der Waals surface area contributed by atoms with Crippen molar-refractivity contribution in [3.05, 3.63) is 48.3 Å². The van der Waals surface area contributed by atoms with Crippen LogP contribution in [-0.4, -0.2) is 46.8 Å². The number of carbonyl (C=O) groups excluding carboxylic acids is 2. The van der Waals surface area contributed by atoms with Crippen molar-refractivity contribution in [3.8, 4) is 17.0 Å². The molecule has 3 N–H and O–H groups in total. The maximum absolute atomic E-state index is 12.8. The minimum absolute atomic E-state index is 0.103. The predicted molar refractivity (Wildman–Crippen MR) is 123 cm³/mol. The molecule has 1 aliphatic rings. The zero-order chi connectivity index (χ0) is 27.7. The molecule has 2 heterocycles. The molecule has 9 nitrogen and oxygen atoms in total. The lowest BCUT2D eigenvalue weighted by atomic mass is 10.1. The number of ether oxygens (including phenoxy) is 1. The van der Waals surface area contributed by atoms with Gasteiger partial charge < -0.3 is 20.7 Å². The number of rotatable bonds is 8. The number of methoxy groups -OCH3 is 1. The maximum atomic E-state index is 12.8. The third kappa shape index (κ3) is 5.70. The van der Waals surface area contributed by atoms with Gasteiger partial charge in [-0.2, -0.15) is 18.3 Å². The maximum Gasteiger partial charge on any atom is 0.408 e. The zero-order valence-electron chi connectivity index (χ0n) is 21.4. The van der Waals surface area contributed by atoms with Gasteiger partial charge in [-0.3, -0.25) is 14.3 Å². The first-order valence-corrected chi connectivity index (χ1v) is 10.5. The summed E-state index contributed by atoms with van der Waals surface area (Å²) in [7, 11) is 1.35. The second-order valence-electron chi connectivity index (χ2n) is 7.86. The fraction of sp³-hybridized carbons (Fsp3) is 0.304. The Balaban J connectivity index is 1.70. The van der Waals surface area contributed by atoms with E-state index in [0.717, 1.165) is 23.7 Å². The van der Waals surface area contributed by atoms with Gasteiger partial charge >= 0.3 is 6.18 Å². The third-order valence-electron chi connectivity index (χ3n) is 5.21. The fourth-order valence-electron chi connectivity index (χ4n) is 3.43. The van der Waals surface area contributed by atoms with Crippen LogP contribution in [0, 0.1) is 5.92 Å². The average molecular weight is 491 g/mol. The van der Waals surface area contributed by atoms with Gasteiger partial charge in [0, 0.05) is 41.0 Å². The SMILES string of the molecule is [2H]C([2H])([2H])NC(=O)c1cnc(NC(=O)C2CC2)cc1Nc1cccc(-c2ccn(CC(F)(F)F)n2)c1OC. The van der Waals surface area contributed by atoms with Crippen molar-refractivity contribution in [3.63, 3.8) is 0 Å². The number of halogens is 3. The van der Waals surface area contributed by atoms with Gasteiger partial charge in [0.25, 0.3) is 5.91 Å². The summed E-state index contributed by atoms with van der Waals surface area (Å²) in [4.78, 5) is 29.0. The Hall–Kier alpha value is -4.09. The number of hydrogen-bond acceptors (Lipinski definition) is 6. The highest BCUT2D eigenvalue weighted by molar-refractivity contribution is 6.01. The molecule has 0 atom stereocenters. The Kier molecular flexibility index (Phi) is 5.59. The summed E-state index contributed by atoms with van der Waals surface area (Å²) < 4.78 is 66.6. The molecule has 1 aliphatic carbocycles. The van der Waals surface area contributed by atoms with E-state index in [0.29, 0.717) is 11.3 Å². The number of anilines is 3. The van der Waals surface area contributed by atoms with Crippen molar-refractivity contribution in [1.29, 1.82) is 0 Å². The second-order valence-corrected chi connectivity index (χ2v) is 7.86. The third-order valence-corrected chi connectivity index (χ3v) is 5.21. The molecule has 1 aromatic carbocycles. The lowest BCUT2D eigenvalue weighted by Gasteiger charge is -2.17. The van der Waals surface area contributed by atoms with Crippen LogP contribution in [0.25, 0.3) is 11.3 Å². The van der Waals surface area contributed by atoms with Crippen LogP contribution in [0.5, 0.6) is 5.75 Å². The lowest BCUT2D eigenvalue weighted by Crippen LogP contribution is -2.20. The Labute approximate surface area is 202 Å². The smallest absolute Gasteiger partial charge is 0.408 e. The minimum atomic E-state index is -4.45. The molecule has 0 spiro atoms. The van der Waals surface area contributed by atoms with E-state index in [4.69, 9.17) is 8.85 Å². The zero-order valence-corrected chi connectivity index (χ0v) is 18.4. The number of nitrogens with zero attached hydrogens (tertiary/aromatic N) is 3. The number of alkyl halides is 3. The quantitative estimate of drug-likeness (QED) is 0.440. The lowest BCUT2D eigenvalue weighted by molar-refractivity contribution is -0.142. The number of amides is 2. The van der Waals surface area contributed by atoms with E-state index in [9.17, 15) is 22.8 Å². The highest BCUT2D eigenvalue weighted by Crippen LogP contribution is 2.38. The first kappa shape index (κ1) is 20.3. The van der Waals surface area contributed by atoms with E-state index in [1.165, 1.54) is 25.4 Å². The normalized spacial score (nSPS) is 14.9. The van der Waals surface area contributed by atoms with Crippen molar-refractivity contribution in [2.45, 2.75) is 25.6 Å². The number of hydrogen-bond donors (Lipinski definition) is 3. The molecular weight excluding hydrogens is 465 g/mol. The average Bonchev–Trinajstić information content (AvgIpc) is 3.57. The van der Waals surface area contributed by atoms with Crippen molar-refractivity contribution in [2.75, 3.05) is 24.7 Å². The molecule has 3 aromatic rings. The first-order chi connectivity index (χ1) is 17.8. The number of carbonyl (C=O) groups is 2. The summed E-state index contributed by atoms with van der Waals surface area (Å²) in [6, 6.07) is 7.56. The fourth-order valence-corrected chi connectivity index (χ4v) is 3.43. The molecule has 0 unspecified atom stereocenters. The molecule has 1 saturated carbocycles. The second kappa shape index (κ2) is 9.65. The molecule has 0 radical (unpaired) electrons. The summed E-state index contributed by atoms with van der Waals surface area (Å²) in [5.74, 6) is -0.943. The molecule has 0 saturated heterocycles. The molecule has 2 amide bonds. The van der Waals surface area contributed by atoms with Gasteiger partial charge in [-0.1, -0.05) is 6.07 Å². The molecule has 0 bridgehead atoms. The Morgan fingerprint density at radius 3 is 2.74 bits per heavy atom. The van der Waals surface area contributed by atoms with E-state index in [-0.39, 0.29) is 40.3 Å². The topological polar surface area (TPSA) is 110 Å². The number of para-hydroxylation sites is 1. The Morgan fingerprint density at radius 2 is 2.06 bits per heavy atom. The van der Waals surface area contributed by atoms with Gasteiger partial charge in [0.15, 0.2) is 5.75 Å². The molecule has 1 fully saturated rings. The summed E-state index contributed by atoms with van der Waals surface area (Å²) >= 11 is 0. The van der Waals surface area contributed by atoms with Crippen LogP contribution in [0.1, 0.15) is 27.3 Å². The molecule has 0 aliphatic heterocycles. The van der Waals surface area contributed by atoms with Crippen LogP contribution in [0.4, 0.5) is 30.4 Å². The summed E-state index contributed by atoms with van der Waals surface area (Å²) in [5.41, 5.74) is 0.841. The molecule has 2 aromatic heterocycles. The van der Waals surface area contributed by atoms with Crippen LogP contribution in [0.15, 0.2) is 42.7 Å². The van der Waals surface area contributed by atoms with E-state index < -0.39 is 25.6 Å². The molecule has 4 rings (SSSR count). The van der Waals surface area contributed by atoms with E-state index in [2.05, 4.69) is 20.7 Å². The van der Waals surface area contributed by atoms with Crippen LogP contribution in [-0.2, 0) is 11.3 Å². The molecule has 35 heavy (non-hydrogen) atoms. The van der Waals surface area contributed by atoms with Crippen LogP contribution in [0.2, 0.25) is 0 Å². The van der Waals surface area contributed by atoms with Crippen molar-refractivity contribution >= 4 is 29.0 Å². The highest BCUT2D eigenvalue weighted by atomic mass is 19.4. The van der Waals surface area contributed by atoms with Gasteiger partial charge in [0.05, 0.1) is 29.7 Å². The van der Waals surface area contributed by atoms with Crippen molar-refractivity contribution in [1.82, 2.24) is 20.1 Å². The number of benzene rings is 1. The van der Waals surface area contributed by atoms with Gasteiger partial charge in [0.1, 0.15) is 12.4 Å². The van der Waals surface area contributed by atoms with Gasteiger partial charge in [0.2, 0.25) is 5.91 Å². The number of pyridine rings is 1. The van der Waals surface area contributed by atoms with E-state index in [1.54, 1.807) is 18.2 Å². The van der Waals surface area contributed by atoms with E-state index >= 15 is 0 Å². The largest absolute Gasteiger partial charge is 0.494 e. The standard InChI is InChI=1S/C23H23F3N6O3/c1-27-22(34)15-11-28-19(30-21(33)13-6-7-13)10-18(15)29-17-5-3-4-14(20(17)35-2)16-8-9-32(31-16)12-23(24,25)26/h3-5,8-11,13H,6-7,12H2,1-2H3,(H,27,34)(H2,28,29,30,33)/i1D3. The predicted octanol–water partition coefficient (Wildman–Crippen LogP) is 3.97. The van der Waals surface area contributed by atoms with Gasteiger partial charge in [-0.15, -0.1) is 0 Å². The van der Waals surface area contributed by atoms with Crippen molar-refractivity contribution < 1.29 is 31.6 Å². The van der Waals surface area contributed by atoms with Crippen LogP contribution in [0.3, 0.4) is 0 Å². The summed E-state index contributed by atoms with van der Waals surface area (Å²) in [6.07, 6.45) is -0.605. The molecule has 184 valence electrons. The molecular formula is C23H23F3N6O3. The summed E-state index contributed by atoms with van der Waals surface area (Å²) in [5, 5.41) is 11.5. The Bertz CT molecular complexity index is 1360. The van der Waals surface area contributed by atoms with E-state index in [1.807, 2.05) is 5.32 Å². The summed E-state index contributed by atoms with van der Waals surface area (Å²) in [6.45, 7) is -4.03. The van der Waals surface area contributed by atoms with Gasteiger partial charge in [-0.25, -0.2) is 4.98 Å². The number of nitrogens with one attached hydrogen (secondary N) is 3. The molecule has 12 heteroatoms. The van der Waals surface area contributed by atoms with Crippen molar-refractivity contribution in [2.24, 2.45) is 5.92 Å². The Morgan fingerprint density at radius 1 is 1.26 bits per heavy atom. The minimum Gasteiger partial charge on any atom is -0.494 e. The monoisotopic (exact) mass is 491 g/mol. The van der Waals surface area contributed by atoms with Crippen LogP contribution >= 0.6 is 0 Å². The first-order valence-electron chi connectivity index (χ1n) is 12.0. The number of aromatic nitrogens is 3. The highest BCUT2D eigenvalue weighted by Gasteiger charge is 2.30. The van der Waals surface area contributed by atoms with Crippen LogP contribution < -0.4 is 20.7 Å².